The highest BCUT2D eigenvalue weighted by atomic mass is 19.2. The lowest BCUT2D eigenvalue weighted by atomic mass is 9.89. The van der Waals surface area contributed by atoms with Crippen LogP contribution in [0.25, 0.3) is 0 Å². The summed E-state index contributed by atoms with van der Waals surface area (Å²) in [7, 11) is 0. The number of aromatic nitrogens is 2. The first kappa shape index (κ1) is 12.7. The Kier molecular flexibility index (Phi) is 3.14. The van der Waals surface area contributed by atoms with Gasteiger partial charge in [-0.05, 0) is 48.4 Å². The van der Waals surface area contributed by atoms with Crippen molar-refractivity contribution in [3.8, 4) is 0 Å². The first-order valence-corrected chi connectivity index (χ1v) is 6.39. The van der Waals surface area contributed by atoms with E-state index in [4.69, 9.17) is 0 Å². The average Bonchev–Trinajstić information content (AvgIpc) is 3.12. The summed E-state index contributed by atoms with van der Waals surface area (Å²) < 4.78 is 27.2. The van der Waals surface area contributed by atoms with Gasteiger partial charge in [-0.15, -0.1) is 0 Å². The maximum absolute atomic E-state index is 13.8. The first-order chi connectivity index (χ1) is 9.68. The zero-order chi connectivity index (χ0) is 14.1. The first-order valence-electron chi connectivity index (χ1n) is 6.39. The molecule has 3 rings (SSSR count). The van der Waals surface area contributed by atoms with Crippen LogP contribution in [0.4, 0.5) is 8.78 Å². The summed E-state index contributed by atoms with van der Waals surface area (Å²) in [6.45, 7) is 1.60. The highest BCUT2D eigenvalue weighted by Crippen LogP contribution is 2.33. The van der Waals surface area contributed by atoms with Crippen LogP contribution < -0.4 is 0 Å². The van der Waals surface area contributed by atoms with Crippen LogP contribution in [0.5, 0.6) is 0 Å². The van der Waals surface area contributed by atoms with Crippen molar-refractivity contribution in [3.63, 3.8) is 0 Å². The molecule has 20 heavy (non-hydrogen) atoms. The smallest absolute Gasteiger partial charge is 0.162 e. The van der Waals surface area contributed by atoms with E-state index in [2.05, 4.69) is 9.97 Å². The van der Waals surface area contributed by atoms with E-state index in [0.29, 0.717) is 5.56 Å². The molecule has 1 aromatic carbocycles. The van der Waals surface area contributed by atoms with Gasteiger partial charge in [0.15, 0.2) is 11.6 Å². The molecular formula is C16H14F2N2. The molecule has 4 heteroatoms. The summed E-state index contributed by atoms with van der Waals surface area (Å²) in [5.74, 6) is -1.77. The van der Waals surface area contributed by atoms with Gasteiger partial charge >= 0.3 is 0 Å². The highest BCUT2D eigenvalue weighted by molar-refractivity contribution is 5.42. The zero-order valence-electron chi connectivity index (χ0n) is 11.0. The Balaban J connectivity index is 2.19. The molecule has 102 valence electrons. The molecule has 2 aromatic heterocycles. The fourth-order valence-corrected chi connectivity index (χ4v) is 2.53. The maximum atomic E-state index is 13.8. The minimum atomic E-state index is -0.817. The third-order valence-corrected chi connectivity index (χ3v) is 3.56. The molecule has 0 fully saturated rings. The second kappa shape index (κ2) is 4.96. The maximum Gasteiger partial charge on any atom is 0.162 e. The number of benzene rings is 1. The van der Waals surface area contributed by atoms with E-state index in [9.17, 15) is 8.78 Å². The van der Waals surface area contributed by atoms with Crippen LogP contribution in [0.1, 0.15) is 28.4 Å². The van der Waals surface area contributed by atoms with Gasteiger partial charge in [0.05, 0.1) is 5.92 Å². The van der Waals surface area contributed by atoms with Crippen LogP contribution in [0.3, 0.4) is 0 Å². The Morgan fingerprint density at radius 3 is 2.00 bits per heavy atom. The van der Waals surface area contributed by atoms with Gasteiger partial charge in [0, 0.05) is 23.8 Å². The molecule has 3 aromatic rings. The molecule has 0 amide bonds. The van der Waals surface area contributed by atoms with Crippen molar-refractivity contribution in [1.82, 2.24) is 9.97 Å². The van der Waals surface area contributed by atoms with Gasteiger partial charge in [-0.1, -0.05) is 6.07 Å². The summed E-state index contributed by atoms with van der Waals surface area (Å²) in [4.78, 5) is 6.30. The summed E-state index contributed by atoms with van der Waals surface area (Å²) in [5.41, 5.74) is 2.94. The van der Waals surface area contributed by atoms with E-state index in [1.165, 1.54) is 6.07 Å². The predicted molar refractivity (Wildman–Crippen MR) is 73.6 cm³/mol. The SMILES string of the molecule is Cc1c(C(c2ccc[nH]2)c2ccc[nH]2)ccc(F)c1F. The Morgan fingerprint density at radius 2 is 1.50 bits per heavy atom. The topological polar surface area (TPSA) is 31.6 Å². The quantitative estimate of drug-likeness (QED) is 0.719. The molecule has 2 nitrogen and oxygen atoms in total. The Morgan fingerprint density at radius 1 is 0.900 bits per heavy atom. The van der Waals surface area contributed by atoms with Gasteiger partial charge in [-0.2, -0.15) is 0 Å². The van der Waals surface area contributed by atoms with E-state index in [-0.39, 0.29) is 5.92 Å². The highest BCUT2D eigenvalue weighted by Gasteiger charge is 2.22. The monoisotopic (exact) mass is 272 g/mol. The van der Waals surface area contributed by atoms with Crippen molar-refractivity contribution >= 4 is 0 Å². The lowest BCUT2D eigenvalue weighted by Gasteiger charge is -2.18. The van der Waals surface area contributed by atoms with Crippen LogP contribution >= 0.6 is 0 Å². The van der Waals surface area contributed by atoms with Gasteiger partial charge < -0.3 is 9.97 Å². The van der Waals surface area contributed by atoms with Crippen molar-refractivity contribution in [2.75, 3.05) is 0 Å². The third-order valence-electron chi connectivity index (χ3n) is 3.56. The van der Waals surface area contributed by atoms with E-state index in [0.717, 1.165) is 17.0 Å². The molecule has 2 heterocycles. The van der Waals surface area contributed by atoms with Crippen LogP contribution in [-0.4, -0.2) is 9.97 Å². The lowest BCUT2D eigenvalue weighted by molar-refractivity contribution is 0.500. The molecule has 0 aliphatic heterocycles. The summed E-state index contributed by atoms with van der Waals surface area (Å²) >= 11 is 0. The molecule has 0 aliphatic rings. The third kappa shape index (κ3) is 2.03. The predicted octanol–water partition coefficient (Wildman–Crippen LogP) is 4.11. The van der Waals surface area contributed by atoms with Crippen molar-refractivity contribution < 1.29 is 8.78 Å². The molecule has 0 radical (unpaired) electrons. The Hall–Kier alpha value is -2.36. The molecular weight excluding hydrogens is 258 g/mol. The Bertz CT molecular complexity index is 666. The number of rotatable bonds is 3. The number of halogens is 2. The van der Waals surface area contributed by atoms with E-state index >= 15 is 0 Å². The molecule has 0 unspecified atom stereocenters. The van der Waals surface area contributed by atoms with Crippen LogP contribution in [0, 0.1) is 18.6 Å². The number of hydrogen-bond donors (Lipinski definition) is 2. The normalized spacial score (nSPS) is 11.2. The largest absolute Gasteiger partial charge is 0.364 e. The van der Waals surface area contributed by atoms with Crippen LogP contribution in [-0.2, 0) is 0 Å². The van der Waals surface area contributed by atoms with Crippen molar-refractivity contribution in [1.29, 1.82) is 0 Å². The summed E-state index contributed by atoms with van der Waals surface area (Å²) in [5, 5.41) is 0. The van der Waals surface area contributed by atoms with Crippen molar-refractivity contribution in [3.05, 3.63) is 82.9 Å². The minimum absolute atomic E-state index is 0.171. The second-order valence-corrected chi connectivity index (χ2v) is 4.76. The van der Waals surface area contributed by atoms with E-state index < -0.39 is 11.6 Å². The molecule has 0 spiro atoms. The van der Waals surface area contributed by atoms with Gasteiger partial charge in [0.1, 0.15) is 0 Å². The van der Waals surface area contributed by atoms with E-state index in [1.54, 1.807) is 13.0 Å². The molecule has 0 saturated carbocycles. The summed E-state index contributed by atoms with van der Waals surface area (Å²) in [6.07, 6.45) is 3.64. The number of aromatic amines is 2. The fourth-order valence-electron chi connectivity index (χ4n) is 2.53. The van der Waals surface area contributed by atoms with Crippen molar-refractivity contribution in [2.24, 2.45) is 0 Å². The minimum Gasteiger partial charge on any atom is -0.364 e. The lowest BCUT2D eigenvalue weighted by Crippen LogP contribution is -2.08. The van der Waals surface area contributed by atoms with Gasteiger partial charge in [-0.3, -0.25) is 0 Å². The molecule has 2 N–H and O–H groups in total. The van der Waals surface area contributed by atoms with Crippen LogP contribution in [0.15, 0.2) is 48.8 Å². The second-order valence-electron chi connectivity index (χ2n) is 4.76. The molecule has 0 aliphatic carbocycles. The molecule has 0 bridgehead atoms. The van der Waals surface area contributed by atoms with E-state index in [1.807, 2.05) is 36.7 Å². The Labute approximate surface area is 115 Å². The standard InChI is InChI=1S/C16H14F2N2/c1-10-11(6-7-12(17)16(10)18)15(13-4-2-8-19-13)14-5-3-9-20-14/h2-9,15,19-20H,1H3. The molecule has 0 saturated heterocycles. The van der Waals surface area contributed by atoms with Gasteiger partial charge in [0.2, 0.25) is 0 Å². The van der Waals surface area contributed by atoms with Crippen molar-refractivity contribution in [2.45, 2.75) is 12.8 Å². The summed E-state index contributed by atoms with van der Waals surface area (Å²) in [6, 6.07) is 10.5. The molecule has 0 atom stereocenters. The van der Waals surface area contributed by atoms with Gasteiger partial charge in [0.25, 0.3) is 0 Å². The van der Waals surface area contributed by atoms with Gasteiger partial charge in [-0.25, -0.2) is 8.78 Å². The number of hydrogen-bond acceptors (Lipinski definition) is 0. The average molecular weight is 272 g/mol. The van der Waals surface area contributed by atoms with Crippen LogP contribution in [0.2, 0.25) is 0 Å². The zero-order valence-corrected chi connectivity index (χ0v) is 11.0. The fraction of sp³-hybridized carbons (Fsp3) is 0.125. The number of H-pyrrole nitrogens is 2. The number of nitrogens with one attached hydrogen (secondary N) is 2.